The Morgan fingerprint density at radius 3 is 2.35 bits per heavy atom. The van der Waals surface area contributed by atoms with Gasteiger partial charge in [0.25, 0.3) is 5.91 Å². The highest BCUT2D eigenvalue weighted by Gasteiger charge is 2.21. The van der Waals surface area contributed by atoms with Crippen LogP contribution in [0.5, 0.6) is 0 Å². The average Bonchev–Trinajstić information content (AvgIpc) is 2.64. The number of benzene rings is 2. The molecule has 0 aliphatic carbocycles. The van der Waals surface area contributed by atoms with E-state index in [9.17, 15) is 9.18 Å². The predicted octanol–water partition coefficient (Wildman–Crippen LogP) is 4.32. The lowest BCUT2D eigenvalue weighted by molar-refractivity contribution is 0.0908. The van der Waals surface area contributed by atoms with Gasteiger partial charge in [0.15, 0.2) is 0 Å². The first-order chi connectivity index (χ1) is 12.5. The van der Waals surface area contributed by atoms with Crippen LogP contribution in [0.25, 0.3) is 11.1 Å². The first-order valence-corrected chi connectivity index (χ1v) is 9.38. The van der Waals surface area contributed by atoms with Gasteiger partial charge in [-0.2, -0.15) is 0 Å². The van der Waals surface area contributed by atoms with Crippen molar-refractivity contribution in [1.82, 2.24) is 10.2 Å². The molecule has 2 aromatic carbocycles. The molecule has 0 unspecified atom stereocenters. The second-order valence-corrected chi connectivity index (χ2v) is 7.18. The van der Waals surface area contributed by atoms with Gasteiger partial charge in [-0.1, -0.05) is 31.2 Å². The number of hydrogen-bond acceptors (Lipinski definition) is 2. The maximum absolute atomic E-state index is 14.6. The molecule has 0 atom stereocenters. The fraction of sp³-hybridized carbons (Fsp3) is 0.409. The van der Waals surface area contributed by atoms with E-state index in [1.165, 1.54) is 17.2 Å². The van der Waals surface area contributed by atoms with E-state index in [-0.39, 0.29) is 17.5 Å². The van der Waals surface area contributed by atoms with E-state index in [2.05, 4.69) is 24.1 Å². The van der Waals surface area contributed by atoms with E-state index in [1.807, 2.05) is 31.2 Å². The van der Waals surface area contributed by atoms with Crippen molar-refractivity contribution in [2.45, 2.75) is 39.7 Å². The monoisotopic (exact) mass is 354 g/mol. The Bertz CT molecular complexity index is 795. The van der Waals surface area contributed by atoms with Crippen LogP contribution >= 0.6 is 0 Å². The van der Waals surface area contributed by atoms with E-state index in [0.717, 1.165) is 43.6 Å². The second kappa shape index (κ2) is 8.00. The highest BCUT2D eigenvalue weighted by Crippen LogP contribution is 2.24. The summed E-state index contributed by atoms with van der Waals surface area (Å²) < 4.78 is 14.6. The third kappa shape index (κ3) is 4.13. The van der Waals surface area contributed by atoms with Crippen molar-refractivity contribution in [3.8, 4) is 11.1 Å². The Labute approximate surface area is 155 Å². The van der Waals surface area contributed by atoms with Gasteiger partial charge < -0.3 is 10.2 Å². The van der Waals surface area contributed by atoms with Crippen molar-refractivity contribution in [3.05, 3.63) is 58.9 Å². The van der Waals surface area contributed by atoms with Gasteiger partial charge >= 0.3 is 0 Å². The Balaban J connectivity index is 1.71. The average molecular weight is 354 g/mol. The quantitative estimate of drug-likeness (QED) is 0.887. The van der Waals surface area contributed by atoms with Gasteiger partial charge in [0.2, 0.25) is 0 Å². The minimum atomic E-state index is -0.468. The molecule has 138 valence electrons. The number of carbonyl (C=O) groups excluding carboxylic acids is 1. The third-order valence-corrected chi connectivity index (χ3v) is 5.42. The molecule has 1 aliphatic rings. The van der Waals surface area contributed by atoms with Crippen LogP contribution in [-0.4, -0.2) is 36.5 Å². The van der Waals surface area contributed by atoms with Gasteiger partial charge in [-0.15, -0.1) is 0 Å². The maximum atomic E-state index is 14.6. The van der Waals surface area contributed by atoms with E-state index in [4.69, 9.17) is 0 Å². The number of hydrogen-bond donors (Lipinski definition) is 1. The van der Waals surface area contributed by atoms with Crippen LogP contribution in [0.2, 0.25) is 0 Å². The standard InChI is InChI=1S/C22H27FN2O/c1-4-25-11-9-19(10-12-25)24-22(26)20-8-7-18(14-21(20)23)17-6-5-15(2)16(3)13-17/h5-8,13-14,19H,4,9-12H2,1-3H3,(H,24,26). The van der Waals surface area contributed by atoms with Crippen LogP contribution in [0.1, 0.15) is 41.3 Å². The molecule has 0 bridgehead atoms. The molecule has 3 nitrogen and oxygen atoms in total. The fourth-order valence-corrected chi connectivity index (χ4v) is 3.46. The number of carbonyl (C=O) groups is 1. The minimum Gasteiger partial charge on any atom is -0.349 e. The molecule has 2 aromatic rings. The molecule has 26 heavy (non-hydrogen) atoms. The minimum absolute atomic E-state index is 0.121. The molecule has 0 aromatic heterocycles. The van der Waals surface area contributed by atoms with E-state index in [0.29, 0.717) is 0 Å². The molecule has 1 aliphatic heterocycles. The van der Waals surface area contributed by atoms with Crippen LogP contribution in [0.15, 0.2) is 36.4 Å². The highest BCUT2D eigenvalue weighted by atomic mass is 19.1. The Kier molecular flexibility index (Phi) is 5.72. The predicted molar refractivity (Wildman–Crippen MR) is 104 cm³/mol. The smallest absolute Gasteiger partial charge is 0.254 e. The molecule has 0 radical (unpaired) electrons. The third-order valence-electron chi connectivity index (χ3n) is 5.42. The summed E-state index contributed by atoms with van der Waals surface area (Å²) in [6.45, 7) is 9.24. The summed E-state index contributed by atoms with van der Waals surface area (Å²) >= 11 is 0. The first kappa shape index (κ1) is 18.6. The van der Waals surface area contributed by atoms with Gasteiger partial charge in [-0.05, 0) is 67.6 Å². The van der Waals surface area contributed by atoms with Crippen LogP contribution in [0, 0.1) is 19.7 Å². The summed E-state index contributed by atoms with van der Waals surface area (Å²) in [6, 6.07) is 11.1. The zero-order valence-corrected chi connectivity index (χ0v) is 15.8. The molecule has 1 amide bonds. The summed E-state index contributed by atoms with van der Waals surface area (Å²) in [7, 11) is 0. The SMILES string of the molecule is CCN1CCC(NC(=O)c2ccc(-c3ccc(C)c(C)c3)cc2F)CC1. The molecule has 0 saturated carbocycles. The van der Waals surface area contributed by atoms with Crippen LogP contribution in [0.4, 0.5) is 4.39 Å². The van der Waals surface area contributed by atoms with E-state index < -0.39 is 5.82 Å². The van der Waals surface area contributed by atoms with Crippen molar-refractivity contribution in [2.75, 3.05) is 19.6 Å². The lowest BCUT2D eigenvalue weighted by Gasteiger charge is -2.31. The molecule has 3 rings (SSSR count). The van der Waals surface area contributed by atoms with Crippen LogP contribution < -0.4 is 5.32 Å². The van der Waals surface area contributed by atoms with Crippen molar-refractivity contribution < 1.29 is 9.18 Å². The molecular formula is C22H27FN2O. The number of nitrogens with zero attached hydrogens (tertiary/aromatic N) is 1. The zero-order chi connectivity index (χ0) is 18.7. The number of nitrogens with one attached hydrogen (secondary N) is 1. The number of aryl methyl sites for hydroxylation is 2. The normalized spacial score (nSPS) is 15.8. The summed E-state index contributed by atoms with van der Waals surface area (Å²) in [5, 5.41) is 2.99. The van der Waals surface area contributed by atoms with Gasteiger partial charge in [-0.25, -0.2) is 4.39 Å². The molecule has 1 N–H and O–H groups in total. The summed E-state index contributed by atoms with van der Waals surface area (Å²) in [6.07, 6.45) is 1.84. The van der Waals surface area contributed by atoms with Crippen molar-refractivity contribution in [3.63, 3.8) is 0 Å². The van der Waals surface area contributed by atoms with E-state index >= 15 is 0 Å². The fourth-order valence-electron chi connectivity index (χ4n) is 3.46. The molecule has 1 saturated heterocycles. The van der Waals surface area contributed by atoms with Crippen molar-refractivity contribution in [2.24, 2.45) is 0 Å². The zero-order valence-electron chi connectivity index (χ0n) is 15.8. The summed E-state index contributed by atoms with van der Waals surface area (Å²) in [5.74, 6) is -0.784. The topological polar surface area (TPSA) is 32.3 Å². The van der Waals surface area contributed by atoms with Gasteiger partial charge in [0.05, 0.1) is 5.56 Å². The molecule has 1 fully saturated rings. The number of rotatable bonds is 4. The second-order valence-electron chi connectivity index (χ2n) is 7.18. The number of likely N-dealkylation sites (tertiary alicyclic amines) is 1. The number of piperidine rings is 1. The van der Waals surface area contributed by atoms with Gasteiger partial charge in [0.1, 0.15) is 5.82 Å². The molecule has 4 heteroatoms. The van der Waals surface area contributed by atoms with Gasteiger partial charge in [-0.3, -0.25) is 4.79 Å². The molecule has 1 heterocycles. The number of amides is 1. The lowest BCUT2D eigenvalue weighted by atomic mass is 9.99. The number of halogens is 1. The van der Waals surface area contributed by atoms with Crippen LogP contribution in [-0.2, 0) is 0 Å². The summed E-state index contributed by atoms with van der Waals surface area (Å²) in [4.78, 5) is 14.8. The highest BCUT2D eigenvalue weighted by molar-refractivity contribution is 5.95. The van der Waals surface area contributed by atoms with Crippen LogP contribution in [0.3, 0.4) is 0 Å². The molecular weight excluding hydrogens is 327 g/mol. The molecule has 0 spiro atoms. The first-order valence-electron chi connectivity index (χ1n) is 9.38. The van der Waals surface area contributed by atoms with Crippen molar-refractivity contribution >= 4 is 5.91 Å². The Morgan fingerprint density at radius 2 is 1.73 bits per heavy atom. The van der Waals surface area contributed by atoms with E-state index in [1.54, 1.807) is 6.07 Å². The van der Waals surface area contributed by atoms with Crippen molar-refractivity contribution in [1.29, 1.82) is 0 Å². The Hall–Kier alpha value is -2.20. The maximum Gasteiger partial charge on any atom is 0.254 e. The summed E-state index contributed by atoms with van der Waals surface area (Å²) in [5.41, 5.74) is 4.25. The lowest BCUT2D eigenvalue weighted by Crippen LogP contribution is -2.44. The Morgan fingerprint density at radius 1 is 1.08 bits per heavy atom. The van der Waals surface area contributed by atoms with Gasteiger partial charge in [0, 0.05) is 19.1 Å². The largest absolute Gasteiger partial charge is 0.349 e.